The molecular formula is C21H20N2O8. The van der Waals surface area contributed by atoms with Gasteiger partial charge in [-0.3, -0.25) is 34.2 Å². The number of nitrogens with one attached hydrogen (secondary N) is 1. The summed E-state index contributed by atoms with van der Waals surface area (Å²) in [6, 6.07) is 3.66. The average Bonchev–Trinajstić information content (AvgIpc) is 2.98. The van der Waals surface area contributed by atoms with Crippen LogP contribution < -0.4 is 5.32 Å². The van der Waals surface area contributed by atoms with Crippen LogP contribution in [0.1, 0.15) is 45.5 Å². The molecule has 10 nitrogen and oxygen atoms in total. The molecule has 2 aliphatic heterocycles. The number of nitrogens with zero attached hydrogens (tertiary/aromatic N) is 1. The van der Waals surface area contributed by atoms with Gasteiger partial charge in [-0.1, -0.05) is 17.9 Å². The molecule has 0 bridgehead atoms. The van der Waals surface area contributed by atoms with Gasteiger partial charge >= 0.3 is 5.97 Å². The Morgan fingerprint density at radius 2 is 1.90 bits per heavy atom. The van der Waals surface area contributed by atoms with Gasteiger partial charge in [0.05, 0.1) is 37.4 Å². The molecule has 1 fully saturated rings. The van der Waals surface area contributed by atoms with Crippen molar-refractivity contribution in [2.45, 2.75) is 25.3 Å². The van der Waals surface area contributed by atoms with Crippen molar-refractivity contribution in [2.24, 2.45) is 0 Å². The molecule has 0 aliphatic carbocycles. The Kier molecular flexibility index (Phi) is 7.12. The maximum Gasteiger partial charge on any atom is 0.305 e. The molecule has 1 unspecified atom stereocenters. The number of fused-ring (bicyclic) bond motifs is 1. The molecule has 31 heavy (non-hydrogen) atoms. The van der Waals surface area contributed by atoms with Gasteiger partial charge in [0.25, 0.3) is 11.8 Å². The minimum absolute atomic E-state index is 0.0466. The second kappa shape index (κ2) is 9.97. The molecule has 0 spiro atoms. The number of carboxylic acid groups (broad SMARTS) is 1. The fourth-order valence-corrected chi connectivity index (χ4v) is 3.25. The first-order chi connectivity index (χ1) is 14.9. The zero-order chi connectivity index (χ0) is 22.4. The summed E-state index contributed by atoms with van der Waals surface area (Å²) in [6.07, 6.45) is 0.0505. The lowest BCUT2D eigenvalue weighted by molar-refractivity contribution is -0.138. The van der Waals surface area contributed by atoms with Crippen molar-refractivity contribution in [1.29, 1.82) is 0 Å². The smallest absolute Gasteiger partial charge is 0.305 e. The fourth-order valence-electron chi connectivity index (χ4n) is 3.25. The van der Waals surface area contributed by atoms with E-state index < -0.39 is 35.6 Å². The molecular weight excluding hydrogens is 408 g/mol. The predicted molar refractivity (Wildman–Crippen MR) is 104 cm³/mol. The third kappa shape index (κ3) is 5.14. The molecule has 4 amide bonds. The van der Waals surface area contributed by atoms with Gasteiger partial charge in [-0.05, 0) is 18.6 Å². The van der Waals surface area contributed by atoms with E-state index in [9.17, 15) is 24.0 Å². The summed E-state index contributed by atoms with van der Waals surface area (Å²) in [6.45, 7) is 0.594. The summed E-state index contributed by atoms with van der Waals surface area (Å²) in [7, 11) is 0. The monoisotopic (exact) mass is 428 g/mol. The number of hydrogen-bond acceptors (Lipinski definition) is 7. The van der Waals surface area contributed by atoms with Crippen molar-refractivity contribution in [3.63, 3.8) is 0 Å². The van der Waals surface area contributed by atoms with Crippen LogP contribution in [0.15, 0.2) is 18.2 Å². The minimum Gasteiger partial charge on any atom is -0.481 e. The highest BCUT2D eigenvalue weighted by atomic mass is 16.5. The molecule has 2 N–H and O–H groups in total. The number of imide groups is 2. The Labute approximate surface area is 177 Å². The van der Waals surface area contributed by atoms with Crippen molar-refractivity contribution in [3.05, 3.63) is 34.9 Å². The number of hydrogen-bond donors (Lipinski definition) is 2. The number of piperidine rings is 1. The first-order valence-electron chi connectivity index (χ1n) is 9.61. The van der Waals surface area contributed by atoms with E-state index in [2.05, 4.69) is 17.2 Å². The summed E-state index contributed by atoms with van der Waals surface area (Å²) in [5.41, 5.74) is 0.628. The number of carbonyl (C=O) groups is 5. The molecule has 10 heteroatoms. The van der Waals surface area contributed by atoms with Gasteiger partial charge in [-0.15, -0.1) is 0 Å². The predicted octanol–water partition coefficient (Wildman–Crippen LogP) is -0.0528. The Balaban J connectivity index is 1.61. The van der Waals surface area contributed by atoms with Gasteiger partial charge in [-0.2, -0.15) is 0 Å². The van der Waals surface area contributed by atoms with Crippen molar-refractivity contribution in [3.8, 4) is 11.8 Å². The van der Waals surface area contributed by atoms with Gasteiger partial charge in [-0.25, -0.2) is 0 Å². The highest BCUT2D eigenvalue weighted by molar-refractivity contribution is 6.24. The van der Waals surface area contributed by atoms with E-state index in [4.69, 9.17) is 14.6 Å². The lowest BCUT2D eigenvalue weighted by Crippen LogP contribution is -2.54. The van der Waals surface area contributed by atoms with Crippen LogP contribution in [0.4, 0.5) is 0 Å². The van der Waals surface area contributed by atoms with Crippen LogP contribution in [-0.4, -0.2) is 72.1 Å². The average molecular weight is 428 g/mol. The molecule has 1 aromatic rings. The molecule has 162 valence electrons. The van der Waals surface area contributed by atoms with Crippen LogP contribution in [0.25, 0.3) is 0 Å². The molecule has 1 aromatic carbocycles. The second-order valence-corrected chi connectivity index (χ2v) is 6.79. The summed E-state index contributed by atoms with van der Waals surface area (Å²) in [5.74, 6) is 2.31. The first-order valence-corrected chi connectivity index (χ1v) is 9.61. The van der Waals surface area contributed by atoms with E-state index in [-0.39, 0.29) is 56.8 Å². The number of carboxylic acids is 1. The second-order valence-electron chi connectivity index (χ2n) is 6.79. The zero-order valence-electron chi connectivity index (χ0n) is 16.5. The lowest BCUT2D eigenvalue weighted by atomic mass is 10.0. The fraction of sp³-hybridized carbons (Fsp3) is 0.381. The van der Waals surface area contributed by atoms with E-state index in [1.54, 1.807) is 12.1 Å². The molecule has 0 radical (unpaired) electrons. The molecule has 1 saturated heterocycles. The minimum atomic E-state index is -1.03. The third-order valence-corrected chi connectivity index (χ3v) is 4.70. The third-order valence-electron chi connectivity index (χ3n) is 4.70. The quantitative estimate of drug-likeness (QED) is 0.334. The number of aliphatic carboxylic acids is 1. The van der Waals surface area contributed by atoms with Crippen LogP contribution in [0, 0.1) is 11.8 Å². The van der Waals surface area contributed by atoms with E-state index in [0.717, 1.165) is 4.90 Å². The maximum atomic E-state index is 12.9. The molecule has 2 heterocycles. The van der Waals surface area contributed by atoms with Crippen molar-refractivity contribution < 1.29 is 38.6 Å². The molecule has 0 aromatic heterocycles. The summed E-state index contributed by atoms with van der Waals surface area (Å²) in [5, 5.41) is 10.7. The number of benzene rings is 1. The number of carbonyl (C=O) groups excluding carboxylic acids is 4. The Bertz CT molecular complexity index is 991. The van der Waals surface area contributed by atoms with E-state index in [1.165, 1.54) is 6.07 Å². The number of amides is 4. The van der Waals surface area contributed by atoms with Crippen LogP contribution >= 0.6 is 0 Å². The summed E-state index contributed by atoms with van der Waals surface area (Å²) >= 11 is 0. The normalized spacial score (nSPS) is 17.8. The molecule has 0 saturated carbocycles. The van der Waals surface area contributed by atoms with Crippen molar-refractivity contribution in [2.75, 3.05) is 26.4 Å². The molecule has 2 aliphatic rings. The lowest BCUT2D eigenvalue weighted by Gasteiger charge is -2.27. The largest absolute Gasteiger partial charge is 0.481 e. The van der Waals surface area contributed by atoms with E-state index in [1.807, 2.05) is 0 Å². The Morgan fingerprint density at radius 1 is 1.13 bits per heavy atom. The van der Waals surface area contributed by atoms with Gasteiger partial charge < -0.3 is 14.6 Å². The van der Waals surface area contributed by atoms with Gasteiger partial charge in [0.1, 0.15) is 12.6 Å². The topological polar surface area (TPSA) is 139 Å². The number of ether oxygens (including phenoxy) is 2. The first kappa shape index (κ1) is 22.1. The van der Waals surface area contributed by atoms with Gasteiger partial charge in [0.15, 0.2) is 0 Å². The Morgan fingerprint density at radius 3 is 2.65 bits per heavy atom. The van der Waals surface area contributed by atoms with Gasteiger partial charge in [0, 0.05) is 12.0 Å². The number of rotatable bonds is 8. The molecule has 3 rings (SSSR count). The standard InChI is InChI=1S/C21H20N2O8/c24-16-7-6-15(19(27)22-16)23-20(28)14-5-1-3-13(18(14)21(23)29)4-2-9-30-11-12-31-10-8-17(25)26/h1,3,5,15H,6-12H2,(H,25,26)(H,22,24,27). The van der Waals surface area contributed by atoms with Crippen LogP contribution in [0.2, 0.25) is 0 Å². The maximum absolute atomic E-state index is 12.9. The summed E-state index contributed by atoms with van der Waals surface area (Å²) in [4.78, 5) is 60.4. The molecule has 1 atom stereocenters. The van der Waals surface area contributed by atoms with E-state index in [0.29, 0.717) is 5.56 Å². The van der Waals surface area contributed by atoms with Crippen LogP contribution in [-0.2, 0) is 23.9 Å². The van der Waals surface area contributed by atoms with Crippen LogP contribution in [0.3, 0.4) is 0 Å². The van der Waals surface area contributed by atoms with Crippen molar-refractivity contribution in [1.82, 2.24) is 10.2 Å². The SMILES string of the molecule is O=C(O)CCOCCOCC#Cc1cccc2c1C(=O)N(C1CCC(=O)NC1=O)C2=O. The van der Waals surface area contributed by atoms with Crippen LogP contribution in [0.5, 0.6) is 0 Å². The zero-order valence-corrected chi connectivity index (χ0v) is 16.5. The summed E-state index contributed by atoms with van der Waals surface area (Å²) < 4.78 is 10.4. The van der Waals surface area contributed by atoms with Crippen molar-refractivity contribution >= 4 is 29.6 Å². The Hall–Kier alpha value is -3.55. The van der Waals surface area contributed by atoms with E-state index >= 15 is 0 Å². The highest BCUT2D eigenvalue weighted by Gasteiger charge is 2.45. The highest BCUT2D eigenvalue weighted by Crippen LogP contribution is 2.29. The van der Waals surface area contributed by atoms with Gasteiger partial charge in [0.2, 0.25) is 11.8 Å².